The summed E-state index contributed by atoms with van der Waals surface area (Å²) in [5.41, 5.74) is 0. The van der Waals surface area contributed by atoms with Gasteiger partial charge >= 0.3 is 21.7 Å². The van der Waals surface area contributed by atoms with Gasteiger partial charge in [0.05, 0.1) is 0 Å². The molecule has 1 aromatic carbocycles. The van der Waals surface area contributed by atoms with Crippen molar-refractivity contribution in [3.05, 3.63) is 37.3 Å². The molecule has 0 aromatic heterocycles. The molecule has 0 heterocycles. The van der Waals surface area contributed by atoms with Crippen molar-refractivity contribution in [3.63, 3.8) is 0 Å². The Bertz CT molecular complexity index is 94.9. The van der Waals surface area contributed by atoms with Crippen LogP contribution in [-0.4, -0.2) is 13.7 Å². The second kappa shape index (κ2) is 29.2. The van der Waals surface area contributed by atoms with E-state index in [-0.39, 0.29) is 72.7 Å². The van der Waals surface area contributed by atoms with Gasteiger partial charge in [-0.15, -0.1) is 0 Å². The first kappa shape index (κ1) is 29.3. The standard InChI is InChI=1S/C5H5.C3H7O.3BrH.Ti/c1-2-4-5-3-1;1-3-4-2;;;;/h1-5H;1,3H2,2H3;3*1H;/q2*-1;;;;+3/p-3. The normalized spacial score (nSPS) is 5.38. The molecule has 1 aromatic rings. The maximum atomic E-state index is 4.43. The van der Waals surface area contributed by atoms with Crippen LogP contribution in [0.2, 0.25) is 0 Å². The number of hydrogen-bond acceptors (Lipinski definition) is 1. The predicted molar refractivity (Wildman–Crippen MR) is 39.3 cm³/mol. The third kappa shape index (κ3) is 31.8. The quantitative estimate of drug-likeness (QED) is 0.330. The average Bonchev–Trinajstić information content (AvgIpc) is 2.43. The van der Waals surface area contributed by atoms with Crippen LogP contribution < -0.4 is 50.9 Å². The zero-order valence-corrected chi connectivity index (χ0v) is 13.7. The van der Waals surface area contributed by atoms with Gasteiger partial charge < -0.3 is 62.6 Å². The topological polar surface area (TPSA) is 9.23 Å². The monoisotopic (exact) mass is 409 g/mol. The second-order valence-electron chi connectivity index (χ2n) is 1.46. The van der Waals surface area contributed by atoms with Crippen LogP contribution in [0.25, 0.3) is 0 Å². The van der Waals surface area contributed by atoms with Crippen LogP contribution in [-0.2, 0) is 26.5 Å². The Morgan fingerprint density at radius 1 is 1.15 bits per heavy atom. The Balaban J connectivity index is -0.0000000256. The van der Waals surface area contributed by atoms with Crippen LogP contribution in [0.1, 0.15) is 0 Å². The minimum atomic E-state index is 0. The fourth-order valence-electron chi connectivity index (χ4n) is 0.321. The molecule has 0 unspecified atom stereocenters. The smallest absolute Gasteiger partial charge is 1.00 e. The summed E-state index contributed by atoms with van der Waals surface area (Å²) >= 11 is 0. The molecule has 1 rings (SSSR count). The van der Waals surface area contributed by atoms with E-state index in [4.69, 9.17) is 0 Å². The summed E-state index contributed by atoms with van der Waals surface area (Å²) in [4.78, 5) is 0. The van der Waals surface area contributed by atoms with Gasteiger partial charge in [-0.1, -0.05) is 6.61 Å². The average molecular weight is 412 g/mol. The molecule has 1 radical (unpaired) electrons. The van der Waals surface area contributed by atoms with Crippen LogP contribution in [0.5, 0.6) is 0 Å². The summed E-state index contributed by atoms with van der Waals surface area (Å²) in [5.74, 6) is 0. The van der Waals surface area contributed by atoms with E-state index in [1.54, 1.807) is 7.11 Å². The third-order valence-electron chi connectivity index (χ3n) is 0.760. The molecular formula is C8H12Br3OTi-2. The van der Waals surface area contributed by atoms with E-state index in [1.807, 2.05) is 30.3 Å². The van der Waals surface area contributed by atoms with Crippen molar-refractivity contribution in [1.82, 2.24) is 0 Å². The molecule has 0 amide bonds. The predicted octanol–water partition coefficient (Wildman–Crippen LogP) is -7.12. The molecule has 0 saturated carbocycles. The minimum Gasteiger partial charge on any atom is -1.00 e. The number of hydrogen-bond donors (Lipinski definition) is 0. The van der Waals surface area contributed by atoms with Crippen molar-refractivity contribution < 1.29 is 77.4 Å². The van der Waals surface area contributed by atoms with Crippen LogP contribution in [0.3, 0.4) is 0 Å². The summed E-state index contributed by atoms with van der Waals surface area (Å²) in [5, 5.41) is 0. The van der Waals surface area contributed by atoms with Crippen LogP contribution in [0.15, 0.2) is 30.3 Å². The van der Waals surface area contributed by atoms with Crippen LogP contribution in [0, 0.1) is 6.92 Å². The van der Waals surface area contributed by atoms with E-state index in [0.717, 1.165) is 0 Å². The second-order valence-corrected chi connectivity index (χ2v) is 1.46. The number of ether oxygens (including phenoxy) is 1. The molecule has 0 aliphatic carbocycles. The summed E-state index contributed by atoms with van der Waals surface area (Å²) in [6.45, 7) is 3.95. The first-order valence-corrected chi connectivity index (χ1v) is 2.86. The maximum absolute atomic E-state index is 4.43. The van der Waals surface area contributed by atoms with Crippen molar-refractivity contribution >= 4 is 0 Å². The van der Waals surface area contributed by atoms with Gasteiger partial charge in [0.15, 0.2) is 0 Å². The van der Waals surface area contributed by atoms with E-state index in [2.05, 4.69) is 11.7 Å². The van der Waals surface area contributed by atoms with Crippen molar-refractivity contribution in [3.8, 4) is 0 Å². The molecule has 0 bridgehead atoms. The minimum absolute atomic E-state index is 0. The molecule has 0 saturated heterocycles. The first-order valence-electron chi connectivity index (χ1n) is 2.86. The van der Waals surface area contributed by atoms with E-state index in [9.17, 15) is 0 Å². The number of halogens is 3. The van der Waals surface area contributed by atoms with Gasteiger partial charge in [0, 0.05) is 7.11 Å². The van der Waals surface area contributed by atoms with E-state index in [1.165, 1.54) is 0 Å². The Kier molecular flexibility index (Phi) is 65.7. The molecule has 5 heteroatoms. The Labute approximate surface area is 127 Å². The largest absolute Gasteiger partial charge is 3.00 e. The molecule has 0 N–H and O–H groups in total. The molecule has 0 spiro atoms. The Morgan fingerprint density at radius 2 is 1.46 bits per heavy atom. The summed E-state index contributed by atoms with van der Waals surface area (Å²) in [7, 11) is 1.62. The van der Waals surface area contributed by atoms with Gasteiger partial charge in [0.2, 0.25) is 0 Å². The molecule has 77 valence electrons. The van der Waals surface area contributed by atoms with Crippen molar-refractivity contribution in [2.45, 2.75) is 0 Å². The fourth-order valence-corrected chi connectivity index (χ4v) is 0.321. The molecule has 0 aliphatic rings. The molecule has 0 aliphatic heterocycles. The maximum Gasteiger partial charge on any atom is 3.00 e. The van der Waals surface area contributed by atoms with E-state index >= 15 is 0 Å². The van der Waals surface area contributed by atoms with Gasteiger partial charge in [0.25, 0.3) is 0 Å². The van der Waals surface area contributed by atoms with Gasteiger partial charge in [-0.3, -0.25) is 0 Å². The van der Waals surface area contributed by atoms with Crippen molar-refractivity contribution in [2.24, 2.45) is 0 Å². The first-order chi connectivity index (χ1) is 4.41. The van der Waals surface area contributed by atoms with E-state index in [0.29, 0.717) is 6.61 Å². The van der Waals surface area contributed by atoms with E-state index < -0.39 is 0 Å². The van der Waals surface area contributed by atoms with Gasteiger partial charge in [-0.25, -0.2) is 12.1 Å². The fraction of sp³-hybridized carbons (Fsp3) is 0.250. The molecule has 1 nitrogen and oxygen atoms in total. The zero-order valence-electron chi connectivity index (χ0n) is 7.34. The number of methoxy groups -OCH3 is 1. The van der Waals surface area contributed by atoms with Crippen molar-refractivity contribution in [2.75, 3.05) is 13.7 Å². The van der Waals surface area contributed by atoms with Crippen LogP contribution in [0.4, 0.5) is 0 Å². The summed E-state index contributed by atoms with van der Waals surface area (Å²) in [6.07, 6.45) is 0. The number of rotatable bonds is 1. The zero-order chi connectivity index (χ0) is 6.95. The summed E-state index contributed by atoms with van der Waals surface area (Å²) in [6, 6.07) is 10.0. The Hall–Kier alpha value is 1.46. The molecule has 0 atom stereocenters. The van der Waals surface area contributed by atoms with Gasteiger partial charge in [0.1, 0.15) is 0 Å². The SMILES string of the molecule is [Br-].[Br-].[Br-].[CH2-]COC.[Ti+3].c1cc[cH-]c1. The van der Waals surface area contributed by atoms with Crippen LogP contribution >= 0.6 is 0 Å². The summed E-state index contributed by atoms with van der Waals surface area (Å²) < 4.78 is 4.43. The molecule has 13 heavy (non-hydrogen) atoms. The van der Waals surface area contributed by atoms with Crippen molar-refractivity contribution in [1.29, 1.82) is 0 Å². The molecular weight excluding hydrogens is 400 g/mol. The molecule has 0 fully saturated rings. The van der Waals surface area contributed by atoms with Gasteiger partial charge in [-0.2, -0.15) is 18.2 Å². The van der Waals surface area contributed by atoms with Gasteiger partial charge in [-0.05, 0) is 0 Å². The third-order valence-corrected chi connectivity index (χ3v) is 0.760. The Morgan fingerprint density at radius 3 is 1.54 bits per heavy atom.